The van der Waals surface area contributed by atoms with Crippen LogP contribution < -0.4 is 11.2 Å². The van der Waals surface area contributed by atoms with Crippen molar-refractivity contribution < 1.29 is 0 Å². The van der Waals surface area contributed by atoms with Crippen molar-refractivity contribution in [1.29, 1.82) is 0 Å². The third kappa shape index (κ3) is 2.50. The molecule has 0 aliphatic rings. The molecule has 0 unspecified atom stereocenters. The highest BCUT2D eigenvalue weighted by atomic mass is 16.2. The minimum atomic E-state index is -0.490. The fourth-order valence-electron chi connectivity index (χ4n) is 1.56. The lowest BCUT2D eigenvalue weighted by atomic mass is 10.1. The summed E-state index contributed by atoms with van der Waals surface area (Å²) >= 11 is 0. The highest BCUT2D eigenvalue weighted by molar-refractivity contribution is 5.29. The largest absolute Gasteiger partial charge is 0.345 e. The van der Waals surface area contributed by atoms with E-state index in [1.165, 1.54) is 15.8 Å². The monoisotopic (exact) mass is 231 g/mol. The number of aryl methyl sites for hydroxylation is 2. The van der Waals surface area contributed by atoms with Gasteiger partial charge in [-0.3, -0.25) is 9.78 Å². The van der Waals surface area contributed by atoms with Gasteiger partial charge in [0.25, 0.3) is 5.56 Å². The van der Waals surface area contributed by atoms with Gasteiger partial charge in [0.1, 0.15) is 6.20 Å². The summed E-state index contributed by atoms with van der Waals surface area (Å²) in [4.78, 5) is 24.5. The first-order valence-corrected chi connectivity index (χ1v) is 5.29. The number of H-pyrrole nitrogens is 1. The first kappa shape index (κ1) is 11.3. The van der Waals surface area contributed by atoms with E-state index in [1.807, 2.05) is 32.0 Å². The SMILES string of the molecule is Cc1ccc(Cn2ncc(=O)[nH]c2=O)cc1C. The molecule has 1 aromatic heterocycles. The van der Waals surface area contributed by atoms with Gasteiger partial charge in [-0.15, -0.1) is 0 Å². The van der Waals surface area contributed by atoms with E-state index in [1.54, 1.807) is 0 Å². The third-order valence-electron chi connectivity index (χ3n) is 2.68. The van der Waals surface area contributed by atoms with Crippen LogP contribution in [0.15, 0.2) is 34.0 Å². The standard InChI is InChI=1S/C12H13N3O2/c1-8-3-4-10(5-9(8)2)7-15-12(17)14-11(16)6-13-15/h3-6H,7H2,1-2H3,(H,14,16,17). The molecule has 0 aliphatic heterocycles. The van der Waals surface area contributed by atoms with Gasteiger partial charge in [-0.05, 0) is 30.5 Å². The highest BCUT2D eigenvalue weighted by Gasteiger charge is 2.01. The molecule has 5 nitrogen and oxygen atoms in total. The smallest absolute Gasteiger partial charge is 0.271 e. The lowest BCUT2D eigenvalue weighted by Gasteiger charge is -2.06. The number of hydrogen-bond acceptors (Lipinski definition) is 3. The second-order valence-corrected chi connectivity index (χ2v) is 4.02. The van der Waals surface area contributed by atoms with E-state index in [2.05, 4.69) is 10.1 Å². The van der Waals surface area contributed by atoms with Gasteiger partial charge >= 0.3 is 5.69 Å². The summed E-state index contributed by atoms with van der Waals surface area (Å²) < 4.78 is 1.23. The Labute approximate surface area is 97.7 Å². The summed E-state index contributed by atoms with van der Waals surface area (Å²) in [7, 11) is 0. The lowest BCUT2D eigenvalue weighted by Crippen LogP contribution is -2.31. The number of aromatic nitrogens is 3. The van der Waals surface area contributed by atoms with Crippen molar-refractivity contribution in [3.05, 3.63) is 61.9 Å². The Morgan fingerprint density at radius 2 is 2.00 bits per heavy atom. The van der Waals surface area contributed by atoms with Crippen LogP contribution in [0.2, 0.25) is 0 Å². The van der Waals surface area contributed by atoms with Crippen LogP contribution in [-0.2, 0) is 6.54 Å². The predicted octanol–water partition coefficient (Wildman–Crippen LogP) is 0.597. The highest BCUT2D eigenvalue weighted by Crippen LogP contribution is 2.09. The number of hydrogen-bond donors (Lipinski definition) is 1. The molecule has 0 spiro atoms. The average molecular weight is 231 g/mol. The molecule has 1 aromatic carbocycles. The Balaban J connectivity index is 2.35. The van der Waals surface area contributed by atoms with Crippen molar-refractivity contribution >= 4 is 0 Å². The van der Waals surface area contributed by atoms with Gasteiger partial charge in [0, 0.05) is 0 Å². The van der Waals surface area contributed by atoms with Crippen molar-refractivity contribution in [2.24, 2.45) is 0 Å². The molecule has 0 radical (unpaired) electrons. The van der Waals surface area contributed by atoms with E-state index in [0.29, 0.717) is 6.54 Å². The first-order chi connectivity index (χ1) is 8.06. The summed E-state index contributed by atoms with van der Waals surface area (Å²) in [6.07, 6.45) is 1.10. The van der Waals surface area contributed by atoms with Crippen LogP contribution >= 0.6 is 0 Å². The van der Waals surface area contributed by atoms with Crippen molar-refractivity contribution in [3.63, 3.8) is 0 Å². The molecule has 0 saturated heterocycles. The van der Waals surface area contributed by atoms with Crippen LogP contribution in [0.4, 0.5) is 0 Å². The van der Waals surface area contributed by atoms with Crippen LogP contribution in [0.25, 0.3) is 0 Å². The maximum atomic E-state index is 11.4. The molecule has 1 heterocycles. The summed E-state index contributed by atoms with van der Waals surface area (Å²) in [6, 6.07) is 5.96. The van der Waals surface area contributed by atoms with Gasteiger partial charge in [0.2, 0.25) is 0 Å². The van der Waals surface area contributed by atoms with Crippen LogP contribution in [-0.4, -0.2) is 14.8 Å². The number of aromatic amines is 1. The summed E-state index contributed by atoms with van der Waals surface area (Å²) in [6.45, 7) is 4.40. The molecule has 0 aliphatic carbocycles. The molecule has 5 heteroatoms. The number of benzene rings is 1. The third-order valence-corrected chi connectivity index (χ3v) is 2.68. The van der Waals surface area contributed by atoms with Crippen LogP contribution in [0.3, 0.4) is 0 Å². The lowest BCUT2D eigenvalue weighted by molar-refractivity contribution is 0.607. The van der Waals surface area contributed by atoms with Gasteiger partial charge in [-0.1, -0.05) is 18.2 Å². The van der Waals surface area contributed by atoms with Gasteiger partial charge < -0.3 is 0 Å². The molecular formula is C12H13N3O2. The summed E-state index contributed by atoms with van der Waals surface area (Å²) in [5.41, 5.74) is 2.38. The van der Waals surface area contributed by atoms with E-state index in [-0.39, 0.29) is 0 Å². The summed E-state index contributed by atoms with van der Waals surface area (Å²) in [5, 5.41) is 3.79. The molecule has 0 bridgehead atoms. The molecule has 0 atom stereocenters. The van der Waals surface area contributed by atoms with Crippen LogP contribution in [0.1, 0.15) is 16.7 Å². The van der Waals surface area contributed by atoms with Crippen LogP contribution in [0.5, 0.6) is 0 Å². The Bertz CT molecular complexity index is 655. The van der Waals surface area contributed by atoms with E-state index in [9.17, 15) is 9.59 Å². The van der Waals surface area contributed by atoms with E-state index in [0.717, 1.165) is 11.8 Å². The topological polar surface area (TPSA) is 67.8 Å². The molecule has 1 N–H and O–H groups in total. The average Bonchev–Trinajstić information content (AvgIpc) is 2.27. The Morgan fingerprint density at radius 1 is 1.24 bits per heavy atom. The Kier molecular flexibility index (Phi) is 2.91. The van der Waals surface area contributed by atoms with Crippen molar-refractivity contribution in [3.8, 4) is 0 Å². The normalized spacial score (nSPS) is 10.5. The minimum absolute atomic E-state index is 0.358. The zero-order chi connectivity index (χ0) is 12.4. The second kappa shape index (κ2) is 4.37. The molecule has 2 rings (SSSR count). The molecule has 2 aromatic rings. The second-order valence-electron chi connectivity index (χ2n) is 4.02. The zero-order valence-electron chi connectivity index (χ0n) is 9.73. The van der Waals surface area contributed by atoms with Crippen LogP contribution in [0, 0.1) is 13.8 Å². The number of rotatable bonds is 2. The fraction of sp³-hybridized carbons (Fsp3) is 0.250. The fourth-order valence-corrected chi connectivity index (χ4v) is 1.56. The number of nitrogens with zero attached hydrogens (tertiary/aromatic N) is 2. The van der Waals surface area contributed by atoms with E-state index in [4.69, 9.17) is 0 Å². The Hall–Kier alpha value is -2.17. The van der Waals surface area contributed by atoms with E-state index >= 15 is 0 Å². The Morgan fingerprint density at radius 3 is 2.65 bits per heavy atom. The number of nitrogens with one attached hydrogen (secondary N) is 1. The molecule has 0 fully saturated rings. The van der Waals surface area contributed by atoms with E-state index < -0.39 is 11.2 Å². The van der Waals surface area contributed by atoms with Gasteiger partial charge in [-0.25, -0.2) is 9.48 Å². The molecular weight excluding hydrogens is 218 g/mol. The summed E-state index contributed by atoms with van der Waals surface area (Å²) in [5.74, 6) is 0. The molecule has 88 valence electrons. The van der Waals surface area contributed by atoms with Crippen molar-refractivity contribution in [2.45, 2.75) is 20.4 Å². The van der Waals surface area contributed by atoms with Gasteiger partial charge in [-0.2, -0.15) is 5.10 Å². The van der Waals surface area contributed by atoms with Gasteiger partial charge in [0.05, 0.1) is 6.54 Å². The predicted molar refractivity (Wildman–Crippen MR) is 64.1 cm³/mol. The van der Waals surface area contributed by atoms with Crippen molar-refractivity contribution in [2.75, 3.05) is 0 Å². The first-order valence-electron chi connectivity index (χ1n) is 5.29. The van der Waals surface area contributed by atoms with Gasteiger partial charge in [0.15, 0.2) is 0 Å². The zero-order valence-corrected chi connectivity index (χ0v) is 9.73. The van der Waals surface area contributed by atoms with Crippen molar-refractivity contribution in [1.82, 2.24) is 14.8 Å². The molecule has 17 heavy (non-hydrogen) atoms. The maximum Gasteiger partial charge on any atom is 0.345 e. The molecule has 0 amide bonds. The minimum Gasteiger partial charge on any atom is -0.271 e. The molecule has 0 saturated carbocycles. The quantitative estimate of drug-likeness (QED) is 0.822. The maximum absolute atomic E-state index is 11.4.